The third-order valence-electron chi connectivity index (χ3n) is 3.18. The average molecular weight is 273 g/mol. The zero-order valence-corrected chi connectivity index (χ0v) is 11.3. The topological polar surface area (TPSA) is 72.6 Å². The lowest BCUT2D eigenvalue weighted by Crippen LogP contribution is -1.97. The van der Waals surface area contributed by atoms with Gasteiger partial charge in [0.15, 0.2) is 0 Å². The molecule has 104 valence electrons. The Labute approximate surface area is 116 Å². The van der Waals surface area contributed by atoms with E-state index < -0.39 is 4.92 Å². The van der Waals surface area contributed by atoms with Crippen molar-refractivity contribution >= 4 is 5.69 Å². The fraction of sp³-hybridized carbons (Fsp3) is 0.200. The van der Waals surface area contributed by atoms with Crippen LogP contribution in [0.15, 0.2) is 36.4 Å². The van der Waals surface area contributed by atoms with Crippen LogP contribution in [0.1, 0.15) is 16.7 Å². The molecule has 0 spiro atoms. The second kappa shape index (κ2) is 5.71. The number of hydrogen-bond donors (Lipinski definition) is 1. The van der Waals surface area contributed by atoms with Crippen molar-refractivity contribution in [2.24, 2.45) is 0 Å². The lowest BCUT2D eigenvalue weighted by Gasteiger charge is -2.11. The van der Waals surface area contributed by atoms with Gasteiger partial charge in [-0.3, -0.25) is 10.1 Å². The zero-order valence-electron chi connectivity index (χ0n) is 11.3. The first-order valence-corrected chi connectivity index (χ1v) is 6.15. The van der Waals surface area contributed by atoms with Crippen molar-refractivity contribution in [1.29, 1.82) is 0 Å². The van der Waals surface area contributed by atoms with Crippen LogP contribution >= 0.6 is 0 Å². The Kier molecular flexibility index (Phi) is 4.00. The van der Waals surface area contributed by atoms with E-state index in [9.17, 15) is 10.1 Å². The highest BCUT2D eigenvalue weighted by molar-refractivity contribution is 5.52. The Bertz CT molecular complexity index is 652. The molecule has 2 aromatic rings. The van der Waals surface area contributed by atoms with Crippen LogP contribution in [0.3, 0.4) is 0 Å². The molecule has 1 N–H and O–H groups in total. The van der Waals surface area contributed by atoms with Crippen LogP contribution in [0.2, 0.25) is 0 Å². The van der Waals surface area contributed by atoms with Crippen molar-refractivity contribution in [3.63, 3.8) is 0 Å². The minimum atomic E-state index is -0.514. The molecule has 0 bridgehead atoms. The first-order chi connectivity index (χ1) is 9.52. The molecule has 0 heterocycles. The van der Waals surface area contributed by atoms with Gasteiger partial charge in [0, 0.05) is 6.07 Å². The third-order valence-corrected chi connectivity index (χ3v) is 3.18. The van der Waals surface area contributed by atoms with Gasteiger partial charge >= 0.3 is 5.69 Å². The quantitative estimate of drug-likeness (QED) is 0.683. The number of nitro benzene ring substituents is 1. The average Bonchev–Trinajstić information content (AvgIpc) is 2.44. The number of aryl methyl sites for hydroxylation is 1. The van der Waals surface area contributed by atoms with Gasteiger partial charge in [0.1, 0.15) is 5.75 Å². The number of aliphatic hydroxyl groups is 1. The summed E-state index contributed by atoms with van der Waals surface area (Å²) in [6.45, 7) is 3.61. The molecular formula is C15H15NO4. The fourth-order valence-corrected chi connectivity index (χ4v) is 1.84. The molecule has 5 nitrogen and oxygen atoms in total. The number of aliphatic hydroxyl groups excluding tert-OH is 1. The molecule has 0 aliphatic rings. The SMILES string of the molecule is Cc1cccc(Oc2ccc(CO)cc2[N+](=O)[O-])c1C. The summed E-state index contributed by atoms with van der Waals surface area (Å²) in [6, 6.07) is 9.99. The van der Waals surface area contributed by atoms with E-state index >= 15 is 0 Å². The van der Waals surface area contributed by atoms with Crippen molar-refractivity contribution in [3.05, 3.63) is 63.2 Å². The van der Waals surface area contributed by atoms with E-state index in [0.717, 1.165) is 11.1 Å². The highest BCUT2D eigenvalue weighted by Crippen LogP contribution is 2.34. The summed E-state index contributed by atoms with van der Waals surface area (Å²) in [5.41, 5.74) is 2.31. The van der Waals surface area contributed by atoms with Gasteiger partial charge in [-0.2, -0.15) is 0 Å². The van der Waals surface area contributed by atoms with Gasteiger partial charge in [-0.25, -0.2) is 0 Å². The molecule has 0 atom stereocenters. The standard InChI is InChI=1S/C15H15NO4/c1-10-4-3-5-14(11(10)2)20-15-7-6-12(9-17)8-13(15)16(18)19/h3-8,17H,9H2,1-2H3. The van der Waals surface area contributed by atoms with Gasteiger partial charge < -0.3 is 9.84 Å². The minimum absolute atomic E-state index is 0.155. The maximum Gasteiger partial charge on any atom is 0.311 e. The predicted molar refractivity (Wildman–Crippen MR) is 75.0 cm³/mol. The minimum Gasteiger partial charge on any atom is -0.450 e. The van der Waals surface area contributed by atoms with Gasteiger partial charge in [0.05, 0.1) is 11.5 Å². The summed E-state index contributed by atoms with van der Waals surface area (Å²) in [5.74, 6) is 0.755. The molecule has 2 aromatic carbocycles. The van der Waals surface area contributed by atoms with Gasteiger partial charge in [0.25, 0.3) is 0 Å². The maximum atomic E-state index is 11.1. The Balaban J connectivity index is 2.43. The van der Waals surface area contributed by atoms with E-state index in [1.54, 1.807) is 12.1 Å². The van der Waals surface area contributed by atoms with Crippen LogP contribution in [0.25, 0.3) is 0 Å². The van der Waals surface area contributed by atoms with E-state index in [1.807, 2.05) is 26.0 Å². The molecule has 0 unspecified atom stereocenters. The zero-order chi connectivity index (χ0) is 14.7. The number of nitro groups is 1. The molecule has 0 saturated carbocycles. The number of ether oxygens (including phenoxy) is 1. The van der Waals surface area contributed by atoms with Crippen molar-refractivity contribution < 1.29 is 14.8 Å². The lowest BCUT2D eigenvalue weighted by molar-refractivity contribution is -0.385. The molecule has 20 heavy (non-hydrogen) atoms. The summed E-state index contributed by atoms with van der Waals surface area (Å²) >= 11 is 0. The molecule has 0 aliphatic heterocycles. The highest BCUT2D eigenvalue weighted by atomic mass is 16.6. The van der Waals surface area contributed by atoms with Crippen molar-refractivity contribution in [1.82, 2.24) is 0 Å². The summed E-state index contributed by atoms with van der Waals surface area (Å²) in [7, 11) is 0. The van der Waals surface area contributed by atoms with Crippen LogP contribution < -0.4 is 4.74 Å². The Morgan fingerprint density at radius 1 is 1.20 bits per heavy atom. The van der Waals surface area contributed by atoms with Crippen LogP contribution in [0.4, 0.5) is 5.69 Å². The monoisotopic (exact) mass is 273 g/mol. The second-order valence-electron chi connectivity index (χ2n) is 4.52. The summed E-state index contributed by atoms with van der Waals surface area (Å²) in [6.07, 6.45) is 0. The molecule has 0 aliphatic carbocycles. The van der Waals surface area contributed by atoms with Crippen molar-refractivity contribution in [3.8, 4) is 11.5 Å². The van der Waals surface area contributed by atoms with Crippen LogP contribution in [0.5, 0.6) is 11.5 Å². The number of hydrogen-bond acceptors (Lipinski definition) is 4. The molecule has 0 aromatic heterocycles. The Morgan fingerprint density at radius 2 is 1.95 bits per heavy atom. The maximum absolute atomic E-state index is 11.1. The van der Waals surface area contributed by atoms with Crippen LogP contribution in [-0.2, 0) is 6.61 Å². The molecule has 0 radical (unpaired) electrons. The lowest BCUT2D eigenvalue weighted by atomic mass is 10.1. The van der Waals surface area contributed by atoms with E-state index in [0.29, 0.717) is 11.3 Å². The smallest absolute Gasteiger partial charge is 0.311 e. The Morgan fingerprint density at radius 3 is 2.60 bits per heavy atom. The third kappa shape index (κ3) is 2.78. The largest absolute Gasteiger partial charge is 0.450 e. The number of nitrogens with zero attached hydrogens (tertiary/aromatic N) is 1. The van der Waals surface area contributed by atoms with Crippen LogP contribution in [-0.4, -0.2) is 10.0 Å². The van der Waals surface area contributed by atoms with Crippen LogP contribution in [0, 0.1) is 24.0 Å². The molecule has 0 amide bonds. The van der Waals surface area contributed by atoms with Crippen molar-refractivity contribution in [2.45, 2.75) is 20.5 Å². The Hall–Kier alpha value is -2.40. The second-order valence-corrected chi connectivity index (χ2v) is 4.52. The van der Waals surface area contributed by atoms with Gasteiger partial charge in [-0.15, -0.1) is 0 Å². The van der Waals surface area contributed by atoms with E-state index in [4.69, 9.17) is 9.84 Å². The molecular weight excluding hydrogens is 258 g/mol. The fourth-order valence-electron chi connectivity index (χ4n) is 1.84. The summed E-state index contributed by atoms with van der Waals surface area (Å²) in [4.78, 5) is 10.6. The molecule has 0 saturated heterocycles. The summed E-state index contributed by atoms with van der Waals surface area (Å²) < 4.78 is 5.66. The molecule has 5 heteroatoms. The first-order valence-electron chi connectivity index (χ1n) is 6.15. The van der Waals surface area contributed by atoms with Gasteiger partial charge in [-0.1, -0.05) is 18.2 Å². The van der Waals surface area contributed by atoms with E-state index in [1.165, 1.54) is 12.1 Å². The van der Waals surface area contributed by atoms with E-state index in [2.05, 4.69) is 0 Å². The van der Waals surface area contributed by atoms with Gasteiger partial charge in [-0.05, 0) is 42.7 Å². The summed E-state index contributed by atoms with van der Waals surface area (Å²) in [5, 5.41) is 20.1. The normalized spacial score (nSPS) is 10.3. The molecule has 0 fully saturated rings. The first kappa shape index (κ1) is 14.0. The van der Waals surface area contributed by atoms with Gasteiger partial charge in [0.2, 0.25) is 5.75 Å². The molecule has 2 rings (SSSR count). The highest BCUT2D eigenvalue weighted by Gasteiger charge is 2.17. The number of rotatable bonds is 4. The van der Waals surface area contributed by atoms with E-state index in [-0.39, 0.29) is 18.0 Å². The predicted octanol–water partition coefficient (Wildman–Crippen LogP) is 3.50. The number of benzene rings is 2. The van der Waals surface area contributed by atoms with Crippen molar-refractivity contribution in [2.75, 3.05) is 0 Å².